The van der Waals surface area contributed by atoms with Crippen molar-refractivity contribution in [1.29, 1.82) is 0 Å². The SMILES string of the molecule is COc1ccc(C)cc1CSc1ccc(N)cc1Br. The molecule has 0 unspecified atom stereocenters. The molecule has 0 bridgehead atoms. The molecule has 0 aliphatic heterocycles. The van der Waals surface area contributed by atoms with Gasteiger partial charge in [-0.3, -0.25) is 0 Å². The zero-order chi connectivity index (χ0) is 13.8. The average Bonchev–Trinajstić information content (AvgIpc) is 2.38. The molecule has 19 heavy (non-hydrogen) atoms. The van der Waals surface area contributed by atoms with E-state index < -0.39 is 0 Å². The number of nitrogen functional groups attached to an aromatic ring is 1. The molecule has 4 heteroatoms. The molecule has 2 rings (SSSR count). The second-order valence-electron chi connectivity index (χ2n) is 4.29. The molecule has 0 radical (unpaired) electrons. The highest BCUT2D eigenvalue weighted by molar-refractivity contribution is 9.10. The standard InChI is InChI=1S/C15H16BrNOS/c1-10-3-5-14(18-2)11(7-10)9-19-15-6-4-12(17)8-13(15)16/h3-8H,9,17H2,1-2H3. The fourth-order valence-electron chi connectivity index (χ4n) is 1.81. The molecule has 0 heterocycles. The summed E-state index contributed by atoms with van der Waals surface area (Å²) in [6.07, 6.45) is 0. The Bertz CT molecular complexity index is 586. The third-order valence-corrected chi connectivity index (χ3v) is 4.82. The lowest BCUT2D eigenvalue weighted by molar-refractivity contribution is 0.411. The fourth-order valence-corrected chi connectivity index (χ4v) is 3.45. The predicted octanol–water partition coefficient (Wildman–Crippen LogP) is 4.64. The monoisotopic (exact) mass is 337 g/mol. The summed E-state index contributed by atoms with van der Waals surface area (Å²) in [6, 6.07) is 12.1. The van der Waals surface area contributed by atoms with Gasteiger partial charge in [0.25, 0.3) is 0 Å². The quantitative estimate of drug-likeness (QED) is 0.651. The molecular weight excluding hydrogens is 322 g/mol. The molecule has 0 saturated heterocycles. The number of halogens is 1. The van der Waals surface area contributed by atoms with Gasteiger partial charge in [0, 0.05) is 26.4 Å². The lowest BCUT2D eigenvalue weighted by atomic mass is 10.1. The lowest BCUT2D eigenvalue weighted by Gasteiger charge is -2.10. The zero-order valence-electron chi connectivity index (χ0n) is 10.9. The van der Waals surface area contributed by atoms with Crippen LogP contribution in [0.2, 0.25) is 0 Å². The van der Waals surface area contributed by atoms with Gasteiger partial charge in [0.05, 0.1) is 7.11 Å². The molecule has 2 aromatic carbocycles. The largest absolute Gasteiger partial charge is 0.496 e. The van der Waals surface area contributed by atoms with Crippen LogP contribution >= 0.6 is 27.7 Å². The van der Waals surface area contributed by atoms with Crippen molar-refractivity contribution >= 4 is 33.4 Å². The van der Waals surface area contributed by atoms with Crippen molar-refractivity contribution in [2.24, 2.45) is 0 Å². The van der Waals surface area contributed by atoms with Crippen LogP contribution < -0.4 is 10.5 Å². The number of hydrogen-bond donors (Lipinski definition) is 1. The fraction of sp³-hybridized carbons (Fsp3) is 0.200. The summed E-state index contributed by atoms with van der Waals surface area (Å²) >= 11 is 5.30. The van der Waals surface area contributed by atoms with Crippen LogP contribution in [0.25, 0.3) is 0 Å². The number of hydrogen-bond acceptors (Lipinski definition) is 3. The van der Waals surface area contributed by atoms with Crippen molar-refractivity contribution in [2.75, 3.05) is 12.8 Å². The molecule has 0 saturated carbocycles. The summed E-state index contributed by atoms with van der Waals surface area (Å²) in [5.74, 6) is 1.80. The number of ether oxygens (including phenoxy) is 1. The van der Waals surface area contributed by atoms with Crippen molar-refractivity contribution in [1.82, 2.24) is 0 Å². The maximum atomic E-state index is 5.74. The molecule has 0 aliphatic rings. The van der Waals surface area contributed by atoms with Crippen LogP contribution in [-0.2, 0) is 5.75 Å². The summed E-state index contributed by atoms with van der Waals surface area (Å²) in [5.41, 5.74) is 8.96. The van der Waals surface area contributed by atoms with Gasteiger partial charge in [-0.2, -0.15) is 0 Å². The number of aryl methyl sites for hydroxylation is 1. The second-order valence-corrected chi connectivity index (χ2v) is 6.17. The van der Waals surface area contributed by atoms with Crippen molar-refractivity contribution in [3.8, 4) is 5.75 Å². The van der Waals surface area contributed by atoms with Crippen molar-refractivity contribution in [2.45, 2.75) is 17.6 Å². The van der Waals surface area contributed by atoms with Crippen molar-refractivity contribution < 1.29 is 4.74 Å². The molecule has 100 valence electrons. The first-order valence-corrected chi connectivity index (χ1v) is 7.69. The van der Waals surface area contributed by atoms with E-state index in [1.807, 2.05) is 24.3 Å². The minimum atomic E-state index is 0.768. The first-order valence-electron chi connectivity index (χ1n) is 5.91. The smallest absolute Gasteiger partial charge is 0.122 e. The van der Waals surface area contributed by atoms with Gasteiger partial charge < -0.3 is 10.5 Å². The Kier molecular flexibility index (Phi) is 4.77. The summed E-state index contributed by atoms with van der Waals surface area (Å²) in [6.45, 7) is 2.09. The van der Waals surface area contributed by atoms with Crippen LogP contribution in [-0.4, -0.2) is 7.11 Å². The van der Waals surface area contributed by atoms with Gasteiger partial charge in [0.2, 0.25) is 0 Å². The zero-order valence-corrected chi connectivity index (χ0v) is 13.3. The first-order chi connectivity index (χ1) is 9.10. The van der Waals surface area contributed by atoms with Gasteiger partial charge in [-0.1, -0.05) is 17.7 Å². The molecule has 2 N–H and O–H groups in total. The molecule has 0 aliphatic carbocycles. The van der Waals surface area contributed by atoms with E-state index in [2.05, 4.69) is 35.0 Å². The summed E-state index contributed by atoms with van der Waals surface area (Å²) in [4.78, 5) is 1.18. The minimum Gasteiger partial charge on any atom is -0.496 e. The first kappa shape index (κ1) is 14.3. The van der Waals surface area contributed by atoms with E-state index in [9.17, 15) is 0 Å². The Balaban J connectivity index is 2.16. The van der Waals surface area contributed by atoms with Gasteiger partial charge in [0.15, 0.2) is 0 Å². The van der Waals surface area contributed by atoms with Crippen LogP contribution in [0.1, 0.15) is 11.1 Å². The van der Waals surface area contributed by atoms with E-state index in [0.29, 0.717) is 0 Å². The number of rotatable bonds is 4. The van der Waals surface area contributed by atoms with Crippen LogP contribution in [0, 0.1) is 6.92 Å². The third-order valence-electron chi connectivity index (χ3n) is 2.78. The van der Waals surface area contributed by atoms with E-state index in [4.69, 9.17) is 10.5 Å². The van der Waals surface area contributed by atoms with Gasteiger partial charge in [0.1, 0.15) is 5.75 Å². The molecule has 2 aromatic rings. The van der Waals surface area contributed by atoms with E-state index in [1.165, 1.54) is 16.0 Å². The number of anilines is 1. The normalized spacial score (nSPS) is 10.5. The molecule has 0 amide bonds. The molecule has 0 atom stereocenters. The molecular formula is C15H16BrNOS. The number of nitrogens with two attached hydrogens (primary N) is 1. The predicted molar refractivity (Wildman–Crippen MR) is 85.8 cm³/mol. The van der Waals surface area contributed by atoms with Crippen LogP contribution in [0.5, 0.6) is 5.75 Å². The van der Waals surface area contributed by atoms with Crippen LogP contribution in [0.4, 0.5) is 5.69 Å². The Morgan fingerprint density at radius 3 is 2.68 bits per heavy atom. The van der Waals surface area contributed by atoms with Gasteiger partial charge >= 0.3 is 0 Å². The highest BCUT2D eigenvalue weighted by Gasteiger charge is 2.06. The lowest BCUT2D eigenvalue weighted by Crippen LogP contribution is -1.91. The average molecular weight is 338 g/mol. The molecule has 0 spiro atoms. The number of thioether (sulfide) groups is 1. The highest BCUT2D eigenvalue weighted by atomic mass is 79.9. The van der Waals surface area contributed by atoms with E-state index in [0.717, 1.165) is 21.7 Å². The van der Waals surface area contributed by atoms with E-state index in [-0.39, 0.29) is 0 Å². The minimum absolute atomic E-state index is 0.768. The Labute approximate surface area is 126 Å². The maximum Gasteiger partial charge on any atom is 0.122 e. The Morgan fingerprint density at radius 1 is 1.21 bits per heavy atom. The van der Waals surface area contributed by atoms with Crippen molar-refractivity contribution in [3.63, 3.8) is 0 Å². The summed E-state index contributed by atoms with van der Waals surface area (Å²) < 4.78 is 6.42. The van der Waals surface area contributed by atoms with Crippen LogP contribution in [0.15, 0.2) is 45.8 Å². The highest BCUT2D eigenvalue weighted by Crippen LogP contribution is 2.33. The molecule has 0 aromatic heterocycles. The van der Waals surface area contributed by atoms with Crippen molar-refractivity contribution in [3.05, 3.63) is 52.0 Å². The summed E-state index contributed by atoms with van der Waals surface area (Å²) in [7, 11) is 1.71. The van der Waals surface area contributed by atoms with E-state index in [1.54, 1.807) is 18.9 Å². The molecule has 0 fully saturated rings. The summed E-state index contributed by atoms with van der Waals surface area (Å²) in [5, 5.41) is 0. The number of benzene rings is 2. The maximum absolute atomic E-state index is 5.74. The Morgan fingerprint density at radius 2 is 2.00 bits per heavy atom. The Hall–Kier alpha value is -1.13. The van der Waals surface area contributed by atoms with Gasteiger partial charge in [-0.05, 0) is 47.1 Å². The second kappa shape index (κ2) is 6.35. The van der Waals surface area contributed by atoms with Gasteiger partial charge in [-0.25, -0.2) is 0 Å². The third kappa shape index (κ3) is 3.67. The topological polar surface area (TPSA) is 35.2 Å². The van der Waals surface area contributed by atoms with Gasteiger partial charge in [-0.15, -0.1) is 11.8 Å². The number of methoxy groups -OCH3 is 1. The van der Waals surface area contributed by atoms with E-state index >= 15 is 0 Å². The van der Waals surface area contributed by atoms with Crippen LogP contribution in [0.3, 0.4) is 0 Å². The molecule has 2 nitrogen and oxygen atoms in total.